The molecular formula is C28H32N8O. The lowest BCUT2D eigenvalue weighted by molar-refractivity contribution is -0.119. The van der Waals surface area contributed by atoms with Gasteiger partial charge in [-0.2, -0.15) is 15.3 Å². The second-order valence-corrected chi connectivity index (χ2v) is 11.0. The molecule has 0 saturated heterocycles. The third-order valence-electron chi connectivity index (χ3n) is 8.16. The number of carbonyl (C=O) groups is 1. The Labute approximate surface area is 215 Å². The van der Waals surface area contributed by atoms with Gasteiger partial charge < -0.3 is 5.32 Å². The molecule has 3 aliphatic carbocycles. The number of nitrogens with zero attached hydrogens (tertiary/aromatic N) is 5. The molecule has 3 saturated carbocycles. The summed E-state index contributed by atoms with van der Waals surface area (Å²) in [5, 5.41) is 22.8. The molecular weight excluding hydrogens is 464 g/mol. The van der Waals surface area contributed by atoms with Crippen LogP contribution in [0.5, 0.6) is 0 Å². The molecule has 3 heterocycles. The van der Waals surface area contributed by atoms with Gasteiger partial charge in [0.05, 0.1) is 11.7 Å². The number of carbonyl (C=O) groups excluding carboxylic acids is 1. The average Bonchev–Trinajstić information content (AvgIpc) is 3.84. The number of anilines is 1. The van der Waals surface area contributed by atoms with E-state index in [4.69, 9.17) is 4.98 Å². The number of benzene rings is 1. The minimum Gasteiger partial charge on any atom is -0.325 e. The highest BCUT2D eigenvalue weighted by Crippen LogP contribution is 2.54. The van der Waals surface area contributed by atoms with Crippen molar-refractivity contribution in [3.8, 4) is 22.6 Å². The Balaban J connectivity index is 1.17. The van der Waals surface area contributed by atoms with Gasteiger partial charge in [0.2, 0.25) is 5.91 Å². The molecule has 0 bridgehead atoms. The molecule has 9 nitrogen and oxygen atoms in total. The molecule has 1 atom stereocenters. The molecule has 3 aromatic heterocycles. The Morgan fingerprint density at radius 3 is 2.32 bits per heavy atom. The molecule has 1 unspecified atom stereocenters. The van der Waals surface area contributed by atoms with Gasteiger partial charge in [-0.15, -0.1) is 0 Å². The molecule has 3 fully saturated rings. The van der Waals surface area contributed by atoms with Crippen LogP contribution in [0.15, 0.2) is 36.5 Å². The molecule has 3 N–H and O–H groups in total. The molecule has 0 aliphatic heterocycles. The van der Waals surface area contributed by atoms with Gasteiger partial charge in [-0.05, 0) is 93.9 Å². The lowest BCUT2D eigenvalue weighted by Gasteiger charge is -2.24. The summed E-state index contributed by atoms with van der Waals surface area (Å²) in [6.45, 7) is 4.02. The van der Waals surface area contributed by atoms with Crippen molar-refractivity contribution in [2.45, 2.75) is 64.3 Å². The largest absolute Gasteiger partial charge is 0.325 e. The van der Waals surface area contributed by atoms with Crippen LogP contribution in [-0.4, -0.2) is 41.1 Å². The highest BCUT2D eigenvalue weighted by Gasteiger charge is 2.49. The molecule has 1 aromatic carbocycles. The first-order chi connectivity index (χ1) is 18.1. The lowest BCUT2D eigenvalue weighted by atomic mass is 9.82. The molecule has 1 amide bonds. The van der Waals surface area contributed by atoms with Gasteiger partial charge in [-0.1, -0.05) is 12.1 Å². The van der Waals surface area contributed by atoms with E-state index in [1.54, 1.807) is 6.20 Å². The quantitative estimate of drug-likeness (QED) is 0.296. The van der Waals surface area contributed by atoms with Gasteiger partial charge in [0.15, 0.2) is 5.82 Å². The van der Waals surface area contributed by atoms with Crippen LogP contribution < -0.4 is 5.32 Å². The van der Waals surface area contributed by atoms with Gasteiger partial charge in [-0.3, -0.25) is 19.7 Å². The van der Waals surface area contributed by atoms with E-state index in [-0.39, 0.29) is 11.8 Å². The van der Waals surface area contributed by atoms with Crippen molar-refractivity contribution >= 4 is 11.6 Å². The van der Waals surface area contributed by atoms with Crippen molar-refractivity contribution in [2.75, 3.05) is 5.32 Å². The van der Waals surface area contributed by atoms with Crippen LogP contribution in [0, 0.1) is 31.6 Å². The average molecular weight is 497 g/mol. The first-order valence-corrected chi connectivity index (χ1v) is 13.5. The van der Waals surface area contributed by atoms with E-state index in [1.807, 2.05) is 48.9 Å². The monoisotopic (exact) mass is 496 g/mol. The molecule has 37 heavy (non-hydrogen) atoms. The number of H-pyrrole nitrogens is 2. The van der Waals surface area contributed by atoms with E-state index in [0.29, 0.717) is 35.4 Å². The van der Waals surface area contributed by atoms with Gasteiger partial charge in [0.1, 0.15) is 17.4 Å². The fourth-order valence-corrected chi connectivity index (χ4v) is 5.92. The van der Waals surface area contributed by atoms with Crippen LogP contribution in [0.4, 0.5) is 5.69 Å². The Hall–Kier alpha value is -3.75. The molecule has 9 heteroatoms. The van der Waals surface area contributed by atoms with E-state index in [0.717, 1.165) is 46.7 Å². The number of aromatic nitrogens is 7. The van der Waals surface area contributed by atoms with E-state index in [1.165, 1.54) is 25.7 Å². The third kappa shape index (κ3) is 4.26. The van der Waals surface area contributed by atoms with Crippen molar-refractivity contribution in [3.63, 3.8) is 0 Å². The SMILES string of the molecule is Cc1n[nH]c(C)c1-c1ccc(NC(=O)C(c2nc(-c3ccnn3C3CC3)n[nH]2)C(C2CC2)C2CC2)cc1. The van der Waals surface area contributed by atoms with Crippen molar-refractivity contribution in [2.24, 2.45) is 17.8 Å². The number of nitrogens with one attached hydrogen (secondary N) is 3. The smallest absolute Gasteiger partial charge is 0.235 e. The number of hydrogen-bond donors (Lipinski definition) is 3. The maximum Gasteiger partial charge on any atom is 0.235 e. The van der Waals surface area contributed by atoms with E-state index in [2.05, 4.69) is 30.8 Å². The van der Waals surface area contributed by atoms with Crippen LogP contribution in [0.1, 0.15) is 67.7 Å². The third-order valence-corrected chi connectivity index (χ3v) is 8.16. The zero-order valence-corrected chi connectivity index (χ0v) is 21.2. The maximum absolute atomic E-state index is 13.9. The predicted octanol–water partition coefficient (Wildman–Crippen LogP) is 5.17. The molecule has 7 rings (SSSR count). The summed E-state index contributed by atoms with van der Waals surface area (Å²) < 4.78 is 2.02. The summed E-state index contributed by atoms with van der Waals surface area (Å²) in [7, 11) is 0. The van der Waals surface area contributed by atoms with E-state index in [9.17, 15) is 4.79 Å². The summed E-state index contributed by atoms with van der Waals surface area (Å²) in [6.07, 6.45) is 8.86. The van der Waals surface area contributed by atoms with E-state index < -0.39 is 0 Å². The zero-order chi connectivity index (χ0) is 25.1. The summed E-state index contributed by atoms with van der Waals surface area (Å²) in [5.41, 5.74) is 5.90. The fourth-order valence-electron chi connectivity index (χ4n) is 5.92. The summed E-state index contributed by atoms with van der Waals surface area (Å²) in [6, 6.07) is 10.4. The van der Waals surface area contributed by atoms with Crippen molar-refractivity contribution in [1.29, 1.82) is 0 Å². The van der Waals surface area contributed by atoms with Crippen molar-refractivity contribution in [3.05, 3.63) is 53.7 Å². The standard InChI is InChI=1S/C28H32N8O/c1-15-23(16(2)33-32-15)17-7-9-20(10-8-17)30-28(37)25(24(18-3-4-18)19-5-6-19)27-31-26(34-35-27)22-13-14-29-36(22)21-11-12-21/h7-10,13-14,18-19,21,24-25H,3-6,11-12H2,1-2H3,(H,30,37)(H,32,33)(H,31,34,35). The van der Waals surface area contributed by atoms with Crippen LogP contribution in [-0.2, 0) is 4.79 Å². The number of aryl methyl sites for hydroxylation is 2. The first-order valence-electron chi connectivity index (χ1n) is 13.5. The van der Waals surface area contributed by atoms with Gasteiger partial charge in [0.25, 0.3) is 0 Å². The second kappa shape index (κ2) is 8.68. The number of hydrogen-bond acceptors (Lipinski definition) is 5. The Morgan fingerprint density at radius 1 is 0.973 bits per heavy atom. The molecule has 0 spiro atoms. The van der Waals surface area contributed by atoms with Crippen molar-refractivity contribution < 1.29 is 4.79 Å². The number of rotatable bonds is 9. The normalized spacial score (nSPS) is 18.4. The fraction of sp³-hybridized carbons (Fsp3) is 0.464. The van der Waals surface area contributed by atoms with E-state index >= 15 is 0 Å². The van der Waals surface area contributed by atoms with Crippen LogP contribution in [0.25, 0.3) is 22.6 Å². The molecule has 4 aromatic rings. The second-order valence-electron chi connectivity index (χ2n) is 11.0. The minimum atomic E-state index is -0.350. The number of amides is 1. The highest BCUT2D eigenvalue weighted by atomic mass is 16.2. The Bertz CT molecular complexity index is 1400. The first kappa shape index (κ1) is 22.4. The molecule has 0 radical (unpaired) electrons. The molecule has 190 valence electrons. The van der Waals surface area contributed by atoms with Gasteiger partial charge >= 0.3 is 0 Å². The number of aromatic amines is 2. The van der Waals surface area contributed by atoms with Gasteiger partial charge in [0, 0.05) is 23.1 Å². The Morgan fingerprint density at radius 2 is 1.70 bits per heavy atom. The van der Waals surface area contributed by atoms with Crippen LogP contribution >= 0.6 is 0 Å². The van der Waals surface area contributed by atoms with Crippen molar-refractivity contribution in [1.82, 2.24) is 35.2 Å². The predicted molar refractivity (Wildman–Crippen MR) is 140 cm³/mol. The van der Waals surface area contributed by atoms with Crippen LogP contribution in [0.2, 0.25) is 0 Å². The highest BCUT2D eigenvalue weighted by molar-refractivity contribution is 5.96. The Kier molecular flexibility index (Phi) is 5.26. The summed E-state index contributed by atoms with van der Waals surface area (Å²) in [4.78, 5) is 18.8. The summed E-state index contributed by atoms with van der Waals surface area (Å²) >= 11 is 0. The minimum absolute atomic E-state index is 0.00868. The molecule has 3 aliphatic rings. The maximum atomic E-state index is 13.9. The zero-order valence-electron chi connectivity index (χ0n) is 21.2. The summed E-state index contributed by atoms with van der Waals surface area (Å²) in [5.74, 6) is 2.40. The van der Waals surface area contributed by atoms with Crippen LogP contribution in [0.3, 0.4) is 0 Å². The topological polar surface area (TPSA) is 117 Å². The van der Waals surface area contributed by atoms with Gasteiger partial charge in [-0.25, -0.2) is 4.98 Å². The lowest BCUT2D eigenvalue weighted by Crippen LogP contribution is -2.31.